The molecule has 2 aromatic carbocycles. The molecule has 4 aromatic heterocycles. The number of imidazole rings is 1. The molecule has 0 aliphatic heterocycles. The molecular weight excluding hydrogens is 497 g/mol. The Morgan fingerprint density at radius 2 is 1.85 bits per heavy atom. The molecule has 0 amide bonds. The van der Waals surface area contributed by atoms with Gasteiger partial charge in [0.2, 0.25) is 5.82 Å². The van der Waals surface area contributed by atoms with E-state index in [1.54, 1.807) is 54.5 Å². The number of aryl methyl sites for hydroxylation is 1. The van der Waals surface area contributed by atoms with Crippen LogP contribution in [0, 0.1) is 5.82 Å². The molecule has 10 heteroatoms. The minimum Gasteiger partial charge on any atom is -0.497 e. The fourth-order valence-corrected chi connectivity index (χ4v) is 4.66. The van der Waals surface area contributed by atoms with E-state index in [0.717, 1.165) is 5.56 Å². The molecule has 6 aromatic rings. The number of rotatable bonds is 7. The summed E-state index contributed by atoms with van der Waals surface area (Å²) in [6, 6.07) is 17.8. The molecule has 0 radical (unpaired) electrons. The zero-order chi connectivity index (χ0) is 26.9. The molecule has 0 fully saturated rings. The molecule has 2 N–H and O–H groups in total. The number of fused-ring (bicyclic) bond motifs is 1. The lowest BCUT2D eigenvalue weighted by Gasteiger charge is -2.13. The van der Waals surface area contributed by atoms with Crippen molar-refractivity contribution in [3.63, 3.8) is 0 Å². The quantitative estimate of drug-likeness (QED) is 0.296. The molecule has 0 aliphatic rings. The zero-order valence-electron chi connectivity index (χ0n) is 21.2. The molecule has 0 saturated heterocycles. The van der Waals surface area contributed by atoms with Crippen molar-refractivity contribution in [3.8, 4) is 39.7 Å². The van der Waals surface area contributed by atoms with Crippen LogP contribution in [0.4, 0.5) is 16.0 Å². The number of ether oxygens (including phenoxy) is 1. The number of hydrogen-bond donors (Lipinski definition) is 2. The van der Waals surface area contributed by atoms with Crippen LogP contribution in [0.2, 0.25) is 0 Å². The van der Waals surface area contributed by atoms with E-state index in [1.807, 2.05) is 48.1 Å². The highest BCUT2D eigenvalue weighted by Gasteiger charge is 2.24. The molecule has 4 heterocycles. The second-order valence-electron chi connectivity index (χ2n) is 8.86. The molecule has 0 bridgehead atoms. The Balaban J connectivity index is 1.70. The molecule has 6 rings (SSSR count). The van der Waals surface area contributed by atoms with Crippen LogP contribution in [0.25, 0.3) is 39.4 Å². The van der Waals surface area contributed by atoms with Crippen molar-refractivity contribution in [2.75, 3.05) is 12.4 Å². The van der Waals surface area contributed by atoms with E-state index in [4.69, 9.17) is 14.8 Å². The Labute approximate surface area is 223 Å². The Bertz CT molecular complexity index is 1800. The van der Waals surface area contributed by atoms with E-state index in [0.29, 0.717) is 56.8 Å². The van der Waals surface area contributed by atoms with Crippen molar-refractivity contribution in [2.45, 2.75) is 6.61 Å². The Kier molecular flexibility index (Phi) is 6.22. The largest absolute Gasteiger partial charge is 0.497 e. The molecule has 194 valence electrons. The van der Waals surface area contributed by atoms with E-state index in [2.05, 4.69) is 15.3 Å². The van der Waals surface area contributed by atoms with Crippen LogP contribution in [0.5, 0.6) is 5.75 Å². The standard InChI is InChI=1S/C29H24FN7O2/c1-36-14-13-32-29(36)28-34-27(33-23-15-20(39-2)11-12-31-23)26-25(18-7-4-3-5-8-18)21(16-37(26)35-28)24-19(17-38)9-6-10-22(24)30/h3-16,38H,17H2,1-2H3,(H,31,33,34,35). The fraction of sp³-hybridized carbons (Fsp3) is 0.103. The smallest absolute Gasteiger partial charge is 0.218 e. The van der Waals surface area contributed by atoms with Gasteiger partial charge in [0.15, 0.2) is 11.6 Å². The zero-order valence-corrected chi connectivity index (χ0v) is 21.2. The van der Waals surface area contributed by atoms with Gasteiger partial charge in [-0.2, -0.15) is 0 Å². The van der Waals surface area contributed by atoms with E-state index < -0.39 is 5.82 Å². The van der Waals surface area contributed by atoms with Crippen LogP contribution >= 0.6 is 0 Å². The number of halogens is 1. The highest BCUT2D eigenvalue weighted by Crippen LogP contribution is 2.42. The maximum absolute atomic E-state index is 15.4. The van der Waals surface area contributed by atoms with E-state index in [1.165, 1.54) is 6.07 Å². The summed E-state index contributed by atoms with van der Waals surface area (Å²) in [7, 11) is 3.44. The summed E-state index contributed by atoms with van der Waals surface area (Å²) < 4.78 is 24.3. The average molecular weight is 522 g/mol. The molecule has 0 spiro atoms. The van der Waals surface area contributed by atoms with Crippen LogP contribution in [-0.2, 0) is 13.7 Å². The van der Waals surface area contributed by atoms with Crippen molar-refractivity contribution in [1.29, 1.82) is 0 Å². The monoisotopic (exact) mass is 521 g/mol. The third-order valence-electron chi connectivity index (χ3n) is 6.47. The van der Waals surface area contributed by atoms with Crippen LogP contribution in [0.1, 0.15) is 5.56 Å². The third kappa shape index (κ3) is 4.36. The van der Waals surface area contributed by atoms with Crippen molar-refractivity contribution < 1.29 is 14.2 Å². The molecule has 0 unspecified atom stereocenters. The van der Waals surface area contributed by atoms with Crippen LogP contribution in [0.3, 0.4) is 0 Å². The van der Waals surface area contributed by atoms with Gasteiger partial charge in [0, 0.05) is 54.6 Å². The molecule has 9 nitrogen and oxygen atoms in total. The topological polar surface area (TPSA) is 102 Å². The fourth-order valence-electron chi connectivity index (χ4n) is 4.66. The minimum atomic E-state index is -0.448. The molecule has 0 atom stereocenters. The van der Waals surface area contributed by atoms with E-state index >= 15 is 4.39 Å². The maximum Gasteiger partial charge on any atom is 0.218 e. The number of anilines is 2. The van der Waals surface area contributed by atoms with Gasteiger partial charge in [-0.15, -0.1) is 5.10 Å². The van der Waals surface area contributed by atoms with Crippen LogP contribution < -0.4 is 10.1 Å². The van der Waals surface area contributed by atoms with Crippen molar-refractivity contribution >= 4 is 17.2 Å². The van der Waals surface area contributed by atoms with Crippen LogP contribution in [-0.4, -0.2) is 41.3 Å². The first-order chi connectivity index (χ1) is 19.1. The SMILES string of the molecule is COc1ccnc(Nc2nc(-c3nccn3C)nn3cc(-c4c(F)cccc4CO)c(-c4ccccc4)c23)c1. The lowest BCUT2D eigenvalue weighted by atomic mass is 9.94. The van der Waals surface area contributed by atoms with Gasteiger partial charge in [0.25, 0.3) is 0 Å². The molecule has 0 saturated carbocycles. The molecular formula is C29H24FN7O2. The number of methoxy groups -OCH3 is 1. The summed E-state index contributed by atoms with van der Waals surface area (Å²) in [5, 5.41) is 18.2. The second kappa shape index (κ2) is 9.99. The Morgan fingerprint density at radius 3 is 2.59 bits per heavy atom. The predicted molar refractivity (Wildman–Crippen MR) is 146 cm³/mol. The van der Waals surface area contributed by atoms with Gasteiger partial charge in [-0.3, -0.25) is 0 Å². The number of nitrogens with one attached hydrogen (secondary N) is 1. The normalized spacial score (nSPS) is 11.2. The Hall–Kier alpha value is -5.09. The van der Waals surface area contributed by atoms with Crippen molar-refractivity contribution in [3.05, 3.63) is 96.8 Å². The number of benzene rings is 2. The highest BCUT2D eigenvalue weighted by atomic mass is 19.1. The van der Waals surface area contributed by atoms with Gasteiger partial charge in [0.05, 0.1) is 13.7 Å². The van der Waals surface area contributed by atoms with Crippen molar-refractivity contribution in [1.82, 2.24) is 29.1 Å². The Morgan fingerprint density at radius 1 is 1.00 bits per heavy atom. The summed E-state index contributed by atoms with van der Waals surface area (Å²) in [5.74, 6) is 2.03. The first-order valence-electron chi connectivity index (χ1n) is 12.2. The summed E-state index contributed by atoms with van der Waals surface area (Å²) in [4.78, 5) is 13.7. The summed E-state index contributed by atoms with van der Waals surface area (Å²) in [6.45, 7) is -0.323. The predicted octanol–water partition coefficient (Wildman–Crippen LogP) is 5.24. The summed E-state index contributed by atoms with van der Waals surface area (Å²) in [5.41, 5.74) is 3.46. The number of aliphatic hydroxyl groups is 1. The second-order valence-corrected chi connectivity index (χ2v) is 8.86. The highest BCUT2D eigenvalue weighted by molar-refractivity contribution is 6.00. The number of nitrogens with zero attached hydrogens (tertiary/aromatic N) is 6. The van der Waals surface area contributed by atoms with E-state index in [9.17, 15) is 5.11 Å². The summed E-state index contributed by atoms with van der Waals surface area (Å²) >= 11 is 0. The number of pyridine rings is 1. The van der Waals surface area contributed by atoms with Gasteiger partial charge in [-0.1, -0.05) is 42.5 Å². The van der Waals surface area contributed by atoms with Gasteiger partial charge in [-0.05, 0) is 23.3 Å². The number of aliphatic hydroxyl groups excluding tert-OH is 1. The lowest BCUT2D eigenvalue weighted by Crippen LogP contribution is -2.06. The van der Waals surface area contributed by atoms with Crippen LogP contribution in [0.15, 0.2) is 85.5 Å². The van der Waals surface area contributed by atoms with E-state index in [-0.39, 0.29) is 6.61 Å². The van der Waals surface area contributed by atoms with Gasteiger partial charge < -0.3 is 19.7 Å². The third-order valence-corrected chi connectivity index (χ3v) is 6.47. The lowest BCUT2D eigenvalue weighted by molar-refractivity contribution is 0.282. The van der Waals surface area contributed by atoms with Crippen molar-refractivity contribution in [2.24, 2.45) is 7.05 Å². The van der Waals surface area contributed by atoms with Gasteiger partial charge in [-0.25, -0.2) is 23.9 Å². The van der Waals surface area contributed by atoms with Gasteiger partial charge >= 0.3 is 0 Å². The number of hydrogen-bond acceptors (Lipinski definition) is 7. The molecule has 39 heavy (non-hydrogen) atoms. The average Bonchev–Trinajstić information content (AvgIpc) is 3.56. The maximum atomic E-state index is 15.4. The van der Waals surface area contributed by atoms with Gasteiger partial charge in [0.1, 0.15) is 22.9 Å². The minimum absolute atomic E-state index is 0.299. The summed E-state index contributed by atoms with van der Waals surface area (Å²) in [6.07, 6.45) is 6.87. The first kappa shape index (κ1) is 24.3. The first-order valence-corrected chi connectivity index (χ1v) is 12.2. The molecule has 0 aliphatic carbocycles. The number of aromatic nitrogens is 6.